The molecule has 1 N–H and O–H groups in total. The molecule has 5 heteroatoms. The Morgan fingerprint density at radius 2 is 1.85 bits per heavy atom. The average Bonchev–Trinajstić information content (AvgIpc) is 2.43. The van der Waals surface area contributed by atoms with Crippen LogP contribution < -0.4 is 10.1 Å². The minimum atomic E-state index is -0.139. The van der Waals surface area contributed by atoms with Gasteiger partial charge in [0.1, 0.15) is 5.75 Å². The first-order valence-electron chi connectivity index (χ1n) is 5.96. The van der Waals surface area contributed by atoms with Gasteiger partial charge in [0, 0.05) is 15.7 Å². The fourth-order valence-electron chi connectivity index (χ4n) is 1.72. The van der Waals surface area contributed by atoms with Crippen LogP contribution in [0.2, 0.25) is 10.0 Å². The zero-order valence-corrected chi connectivity index (χ0v) is 12.3. The molecule has 0 aliphatic carbocycles. The lowest BCUT2D eigenvalue weighted by molar-refractivity contribution is -0.115. The predicted octanol–water partition coefficient (Wildman–Crippen LogP) is 4.18. The van der Waals surface area contributed by atoms with E-state index < -0.39 is 0 Å². The van der Waals surface area contributed by atoms with Gasteiger partial charge >= 0.3 is 0 Å². The van der Waals surface area contributed by atoms with E-state index in [1.54, 1.807) is 49.6 Å². The number of rotatable bonds is 4. The average molecular weight is 310 g/mol. The van der Waals surface area contributed by atoms with E-state index in [0.717, 1.165) is 11.3 Å². The molecule has 20 heavy (non-hydrogen) atoms. The standard InChI is InChI=1S/C15H13Cl2NO2/c1-20-13-6-4-12(5-7-13)18-15(19)8-10-2-3-11(16)9-14(10)17/h2-7,9H,8H2,1H3,(H,18,19). The Hall–Kier alpha value is -1.71. The molecule has 0 saturated heterocycles. The summed E-state index contributed by atoms with van der Waals surface area (Å²) in [5.74, 6) is 0.600. The van der Waals surface area contributed by atoms with Crippen molar-refractivity contribution in [3.63, 3.8) is 0 Å². The van der Waals surface area contributed by atoms with Crippen LogP contribution in [0.3, 0.4) is 0 Å². The van der Waals surface area contributed by atoms with Gasteiger partial charge < -0.3 is 10.1 Å². The molecule has 0 radical (unpaired) electrons. The summed E-state index contributed by atoms with van der Waals surface area (Å²) in [5, 5.41) is 3.84. The smallest absolute Gasteiger partial charge is 0.228 e. The second-order valence-corrected chi connectivity index (χ2v) is 5.03. The highest BCUT2D eigenvalue weighted by atomic mass is 35.5. The van der Waals surface area contributed by atoms with Crippen LogP contribution in [0.4, 0.5) is 5.69 Å². The van der Waals surface area contributed by atoms with Crippen LogP contribution >= 0.6 is 23.2 Å². The van der Waals surface area contributed by atoms with E-state index in [0.29, 0.717) is 15.7 Å². The molecular formula is C15H13Cl2NO2. The van der Waals surface area contributed by atoms with E-state index in [1.165, 1.54) is 0 Å². The lowest BCUT2D eigenvalue weighted by atomic mass is 10.1. The van der Waals surface area contributed by atoms with Gasteiger partial charge in [-0.15, -0.1) is 0 Å². The normalized spacial score (nSPS) is 10.2. The summed E-state index contributed by atoms with van der Waals surface area (Å²) < 4.78 is 5.05. The number of anilines is 1. The van der Waals surface area contributed by atoms with E-state index in [4.69, 9.17) is 27.9 Å². The van der Waals surface area contributed by atoms with Gasteiger partial charge in [-0.05, 0) is 42.0 Å². The minimum absolute atomic E-state index is 0.139. The molecule has 2 aromatic rings. The third-order valence-electron chi connectivity index (χ3n) is 2.74. The third-order valence-corrected chi connectivity index (χ3v) is 3.33. The van der Waals surface area contributed by atoms with Gasteiger partial charge in [-0.2, -0.15) is 0 Å². The largest absolute Gasteiger partial charge is 0.497 e. The number of halogens is 2. The number of carbonyl (C=O) groups excluding carboxylic acids is 1. The maximum atomic E-state index is 11.9. The summed E-state index contributed by atoms with van der Waals surface area (Å²) in [6.45, 7) is 0. The van der Waals surface area contributed by atoms with Gasteiger partial charge in [0.2, 0.25) is 5.91 Å². The van der Waals surface area contributed by atoms with Crippen LogP contribution in [0.25, 0.3) is 0 Å². The van der Waals surface area contributed by atoms with E-state index in [2.05, 4.69) is 5.32 Å². The molecule has 0 fully saturated rings. The maximum Gasteiger partial charge on any atom is 0.228 e. The molecule has 3 nitrogen and oxygen atoms in total. The number of hydrogen-bond acceptors (Lipinski definition) is 2. The Labute approximate surface area is 127 Å². The highest BCUT2D eigenvalue weighted by Gasteiger charge is 2.08. The third kappa shape index (κ3) is 3.89. The van der Waals surface area contributed by atoms with Crippen LogP contribution in [0, 0.1) is 0 Å². The highest BCUT2D eigenvalue weighted by molar-refractivity contribution is 6.35. The first kappa shape index (κ1) is 14.7. The van der Waals surface area contributed by atoms with Gasteiger partial charge in [-0.25, -0.2) is 0 Å². The lowest BCUT2D eigenvalue weighted by Crippen LogP contribution is -2.14. The van der Waals surface area contributed by atoms with Crippen molar-refractivity contribution in [3.8, 4) is 5.75 Å². The Kier molecular flexibility index (Phi) is 4.88. The molecule has 2 rings (SSSR count). The summed E-state index contributed by atoms with van der Waals surface area (Å²) in [6, 6.07) is 12.2. The summed E-state index contributed by atoms with van der Waals surface area (Å²) in [6.07, 6.45) is 0.196. The minimum Gasteiger partial charge on any atom is -0.497 e. The van der Waals surface area contributed by atoms with Crippen molar-refractivity contribution >= 4 is 34.8 Å². The number of ether oxygens (including phenoxy) is 1. The number of hydrogen-bond donors (Lipinski definition) is 1. The quantitative estimate of drug-likeness (QED) is 0.920. The van der Waals surface area contributed by atoms with Gasteiger partial charge in [-0.1, -0.05) is 29.3 Å². The molecule has 0 unspecified atom stereocenters. The Morgan fingerprint density at radius 3 is 2.45 bits per heavy atom. The van der Waals surface area contributed by atoms with Gasteiger partial charge in [0.05, 0.1) is 13.5 Å². The van der Waals surface area contributed by atoms with E-state index >= 15 is 0 Å². The Morgan fingerprint density at radius 1 is 1.15 bits per heavy atom. The van der Waals surface area contributed by atoms with Crippen molar-refractivity contribution < 1.29 is 9.53 Å². The van der Waals surface area contributed by atoms with Gasteiger partial charge in [0.15, 0.2) is 0 Å². The highest BCUT2D eigenvalue weighted by Crippen LogP contribution is 2.22. The second kappa shape index (κ2) is 6.64. The predicted molar refractivity (Wildman–Crippen MR) is 81.8 cm³/mol. The Bertz CT molecular complexity index is 612. The molecule has 2 aromatic carbocycles. The molecule has 0 heterocycles. The molecular weight excluding hydrogens is 297 g/mol. The van der Waals surface area contributed by atoms with Crippen LogP contribution in [0.15, 0.2) is 42.5 Å². The number of nitrogens with one attached hydrogen (secondary N) is 1. The van der Waals surface area contributed by atoms with Crippen molar-refractivity contribution in [3.05, 3.63) is 58.1 Å². The van der Waals surface area contributed by atoms with Crippen molar-refractivity contribution in [1.82, 2.24) is 0 Å². The lowest BCUT2D eigenvalue weighted by Gasteiger charge is -2.07. The zero-order valence-electron chi connectivity index (χ0n) is 10.8. The van der Waals surface area contributed by atoms with Crippen LogP contribution in [0.5, 0.6) is 5.75 Å². The second-order valence-electron chi connectivity index (χ2n) is 4.19. The monoisotopic (exact) mass is 309 g/mol. The topological polar surface area (TPSA) is 38.3 Å². The Balaban J connectivity index is 2.01. The molecule has 0 aromatic heterocycles. The molecule has 0 aliphatic rings. The molecule has 104 valence electrons. The number of benzene rings is 2. The number of amides is 1. The summed E-state index contributed by atoms with van der Waals surface area (Å²) in [4.78, 5) is 11.9. The molecule has 0 spiro atoms. The number of carbonyl (C=O) groups is 1. The molecule has 1 amide bonds. The first-order valence-corrected chi connectivity index (χ1v) is 6.72. The summed E-state index contributed by atoms with van der Waals surface area (Å²) in [7, 11) is 1.59. The van der Waals surface area contributed by atoms with Gasteiger partial charge in [0.25, 0.3) is 0 Å². The fraction of sp³-hybridized carbons (Fsp3) is 0.133. The van der Waals surface area contributed by atoms with Crippen LogP contribution in [-0.2, 0) is 11.2 Å². The first-order chi connectivity index (χ1) is 9.58. The zero-order chi connectivity index (χ0) is 14.5. The van der Waals surface area contributed by atoms with Crippen molar-refractivity contribution in [1.29, 1.82) is 0 Å². The summed E-state index contributed by atoms with van der Waals surface area (Å²) in [5.41, 5.74) is 1.45. The van der Waals surface area contributed by atoms with Crippen molar-refractivity contribution in [2.24, 2.45) is 0 Å². The van der Waals surface area contributed by atoms with E-state index in [9.17, 15) is 4.79 Å². The van der Waals surface area contributed by atoms with Gasteiger partial charge in [-0.3, -0.25) is 4.79 Å². The van der Waals surface area contributed by atoms with Crippen molar-refractivity contribution in [2.75, 3.05) is 12.4 Å². The molecule has 0 saturated carbocycles. The van der Waals surface area contributed by atoms with Crippen LogP contribution in [0.1, 0.15) is 5.56 Å². The van der Waals surface area contributed by atoms with Crippen LogP contribution in [-0.4, -0.2) is 13.0 Å². The SMILES string of the molecule is COc1ccc(NC(=O)Cc2ccc(Cl)cc2Cl)cc1. The molecule has 0 bridgehead atoms. The van der Waals surface area contributed by atoms with E-state index in [1.807, 2.05) is 0 Å². The van der Waals surface area contributed by atoms with E-state index in [-0.39, 0.29) is 12.3 Å². The fourth-order valence-corrected chi connectivity index (χ4v) is 2.19. The number of methoxy groups -OCH3 is 1. The summed E-state index contributed by atoms with van der Waals surface area (Å²) >= 11 is 11.9. The van der Waals surface area contributed by atoms with Crippen molar-refractivity contribution in [2.45, 2.75) is 6.42 Å². The molecule has 0 atom stereocenters. The molecule has 0 aliphatic heterocycles. The maximum absolute atomic E-state index is 11.9.